The zero-order chi connectivity index (χ0) is 15.5. The molecular formula is C14H20N2O4S. The molecule has 1 heterocycles. The molecule has 0 atom stereocenters. The van der Waals surface area contributed by atoms with Gasteiger partial charge in [0.2, 0.25) is 10.0 Å². The molecule has 0 saturated heterocycles. The van der Waals surface area contributed by atoms with E-state index in [0.717, 1.165) is 12.8 Å². The Balaban J connectivity index is 2.31. The Morgan fingerprint density at radius 1 is 1.33 bits per heavy atom. The van der Waals surface area contributed by atoms with Crippen LogP contribution in [-0.4, -0.2) is 34.0 Å². The average molecular weight is 312 g/mol. The molecule has 0 bridgehead atoms. The van der Waals surface area contributed by atoms with Crippen molar-refractivity contribution in [3.8, 4) is 5.75 Å². The number of benzene rings is 1. The lowest BCUT2D eigenvalue weighted by molar-refractivity contribution is -0.121. The van der Waals surface area contributed by atoms with Gasteiger partial charge in [-0.25, -0.2) is 13.1 Å². The fraction of sp³-hybridized carbons (Fsp3) is 0.500. The molecule has 1 N–H and O–H groups in total. The lowest BCUT2D eigenvalue weighted by atomic mass is 10.2. The number of nitrogens with zero attached hydrogens (tertiary/aromatic N) is 1. The minimum Gasteiger partial charge on any atom is -0.482 e. The highest BCUT2D eigenvalue weighted by Crippen LogP contribution is 2.33. The van der Waals surface area contributed by atoms with Crippen LogP contribution in [0.1, 0.15) is 26.7 Å². The molecule has 116 valence electrons. The second-order valence-electron chi connectivity index (χ2n) is 4.81. The summed E-state index contributed by atoms with van der Waals surface area (Å²) in [6.45, 7) is 4.70. The van der Waals surface area contributed by atoms with E-state index in [9.17, 15) is 13.2 Å². The van der Waals surface area contributed by atoms with E-state index in [-0.39, 0.29) is 17.4 Å². The number of ether oxygens (including phenoxy) is 1. The molecule has 1 aliphatic heterocycles. The number of unbranched alkanes of at least 4 members (excludes halogenated alkanes) is 1. The van der Waals surface area contributed by atoms with Gasteiger partial charge in [-0.3, -0.25) is 4.79 Å². The molecule has 1 amide bonds. The third-order valence-corrected chi connectivity index (χ3v) is 4.78. The maximum Gasteiger partial charge on any atom is 0.265 e. The number of sulfonamides is 1. The number of carbonyl (C=O) groups is 1. The number of nitrogens with one attached hydrogen (secondary N) is 1. The Morgan fingerprint density at radius 3 is 2.76 bits per heavy atom. The van der Waals surface area contributed by atoms with Crippen LogP contribution in [0.25, 0.3) is 0 Å². The van der Waals surface area contributed by atoms with Crippen LogP contribution in [0.3, 0.4) is 0 Å². The van der Waals surface area contributed by atoms with Crippen LogP contribution in [-0.2, 0) is 14.8 Å². The second-order valence-corrected chi connectivity index (χ2v) is 6.57. The first kappa shape index (κ1) is 15.8. The zero-order valence-electron chi connectivity index (χ0n) is 12.3. The van der Waals surface area contributed by atoms with Gasteiger partial charge in [-0.15, -0.1) is 0 Å². The van der Waals surface area contributed by atoms with E-state index in [4.69, 9.17) is 4.74 Å². The summed E-state index contributed by atoms with van der Waals surface area (Å²) in [6.07, 6.45) is 1.70. The van der Waals surface area contributed by atoms with Crippen molar-refractivity contribution < 1.29 is 17.9 Å². The Kier molecular flexibility index (Phi) is 4.84. The summed E-state index contributed by atoms with van der Waals surface area (Å²) < 4.78 is 32.3. The third-order valence-electron chi connectivity index (χ3n) is 3.32. The zero-order valence-corrected chi connectivity index (χ0v) is 13.1. The monoisotopic (exact) mass is 312 g/mol. The fourth-order valence-corrected chi connectivity index (χ4v) is 3.26. The van der Waals surface area contributed by atoms with E-state index in [1.54, 1.807) is 6.07 Å². The summed E-state index contributed by atoms with van der Waals surface area (Å²) in [5.74, 6) is 0.363. The van der Waals surface area contributed by atoms with Gasteiger partial charge in [0.25, 0.3) is 5.91 Å². The first-order valence-electron chi connectivity index (χ1n) is 7.06. The molecule has 0 aromatic heterocycles. The van der Waals surface area contributed by atoms with Gasteiger partial charge in [-0.1, -0.05) is 13.3 Å². The molecular weight excluding hydrogens is 292 g/mol. The molecule has 0 aliphatic carbocycles. The summed E-state index contributed by atoms with van der Waals surface area (Å²) in [5.41, 5.74) is 0.507. The number of carbonyl (C=O) groups excluding carboxylic acids is 1. The van der Waals surface area contributed by atoms with Crippen molar-refractivity contribution in [2.45, 2.75) is 31.6 Å². The molecule has 7 heteroatoms. The molecule has 21 heavy (non-hydrogen) atoms. The van der Waals surface area contributed by atoms with Gasteiger partial charge in [0.15, 0.2) is 6.61 Å². The predicted molar refractivity (Wildman–Crippen MR) is 80.1 cm³/mol. The number of hydrogen-bond donors (Lipinski definition) is 1. The van der Waals surface area contributed by atoms with Gasteiger partial charge in [0.1, 0.15) is 5.75 Å². The summed E-state index contributed by atoms with van der Waals surface area (Å²) in [4.78, 5) is 13.5. The predicted octanol–water partition coefficient (Wildman–Crippen LogP) is 1.51. The van der Waals surface area contributed by atoms with E-state index in [1.807, 2.05) is 13.8 Å². The number of anilines is 1. The van der Waals surface area contributed by atoms with Crippen LogP contribution in [0.2, 0.25) is 0 Å². The number of likely N-dealkylation sites (N-methyl/N-ethyl adjacent to an activating group) is 1. The van der Waals surface area contributed by atoms with Crippen molar-refractivity contribution in [2.75, 3.05) is 24.6 Å². The van der Waals surface area contributed by atoms with Crippen molar-refractivity contribution >= 4 is 21.6 Å². The van der Waals surface area contributed by atoms with Crippen LogP contribution >= 0.6 is 0 Å². The highest BCUT2D eigenvalue weighted by molar-refractivity contribution is 7.89. The molecule has 1 aromatic carbocycles. The van der Waals surface area contributed by atoms with Crippen molar-refractivity contribution in [3.63, 3.8) is 0 Å². The van der Waals surface area contributed by atoms with Crippen molar-refractivity contribution in [3.05, 3.63) is 18.2 Å². The third kappa shape index (κ3) is 3.36. The van der Waals surface area contributed by atoms with Gasteiger partial charge in [0.05, 0.1) is 10.6 Å². The van der Waals surface area contributed by atoms with Gasteiger partial charge < -0.3 is 9.64 Å². The second kappa shape index (κ2) is 6.44. The Morgan fingerprint density at radius 2 is 2.10 bits per heavy atom. The molecule has 0 radical (unpaired) electrons. The first-order chi connectivity index (χ1) is 9.99. The minimum atomic E-state index is -3.56. The van der Waals surface area contributed by atoms with Gasteiger partial charge in [0, 0.05) is 13.1 Å². The van der Waals surface area contributed by atoms with Gasteiger partial charge in [-0.2, -0.15) is 0 Å². The fourth-order valence-electron chi connectivity index (χ4n) is 2.16. The Hall–Kier alpha value is -1.60. The molecule has 0 fully saturated rings. The van der Waals surface area contributed by atoms with Crippen molar-refractivity contribution in [2.24, 2.45) is 0 Å². The summed E-state index contributed by atoms with van der Waals surface area (Å²) in [5, 5.41) is 0. The lowest BCUT2D eigenvalue weighted by Gasteiger charge is -2.28. The van der Waals surface area contributed by atoms with Crippen LogP contribution in [0, 0.1) is 0 Å². The van der Waals surface area contributed by atoms with Crippen LogP contribution < -0.4 is 14.4 Å². The van der Waals surface area contributed by atoms with Crippen LogP contribution in [0.5, 0.6) is 5.75 Å². The largest absolute Gasteiger partial charge is 0.482 e. The number of hydrogen-bond acceptors (Lipinski definition) is 4. The van der Waals surface area contributed by atoms with Gasteiger partial charge >= 0.3 is 0 Å². The first-order valence-corrected chi connectivity index (χ1v) is 8.54. The molecule has 0 spiro atoms. The highest BCUT2D eigenvalue weighted by atomic mass is 32.2. The molecule has 1 aromatic rings. The minimum absolute atomic E-state index is 0.0122. The van der Waals surface area contributed by atoms with E-state index >= 15 is 0 Å². The molecule has 1 aliphatic rings. The normalized spacial score (nSPS) is 14.8. The summed E-state index contributed by atoms with van der Waals surface area (Å²) in [6, 6.07) is 4.58. The molecule has 6 nitrogen and oxygen atoms in total. The highest BCUT2D eigenvalue weighted by Gasteiger charge is 2.26. The van der Waals surface area contributed by atoms with Crippen LogP contribution in [0.4, 0.5) is 5.69 Å². The standard InChI is InChI=1S/C14H20N2O4S/c1-3-5-8-15-21(18,19)11-6-7-13-12(9-11)16(4-2)14(17)10-20-13/h6-7,9,15H,3-5,8,10H2,1-2H3. The molecule has 2 rings (SSSR count). The average Bonchev–Trinajstić information content (AvgIpc) is 2.46. The number of fused-ring (bicyclic) bond motifs is 1. The Labute approximate surface area is 125 Å². The molecule has 0 saturated carbocycles. The summed E-state index contributed by atoms with van der Waals surface area (Å²) >= 11 is 0. The van der Waals surface area contributed by atoms with Crippen molar-refractivity contribution in [1.82, 2.24) is 4.72 Å². The number of rotatable bonds is 6. The van der Waals surface area contributed by atoms with Crippen LogP contribution in [0.15, 0.2) is 23.1 Å². The van der Waals surface area contributed by atoms with Crippen molar-refractivity contribution in [1.29, 1.82) is 0 Å². The SMILES string of the molecule is CCCCNS(=O)(=O)c1ccc2c(c1)N(CC)C(=O)CO2. The quantitative estimate of drug-likeness (QED) is 0.808. The van der Waals surface area contributed by atoms with E-state index < -0.39 is 10.0 Å². The topological polar surface area (TPSA) is 75.7 Å². The lowest BCUT2D eigenvalue weighted by Crippen LogP contribution is -2.38. The smallest absolute Gasteiger partial charge is 0.265 e. The maximum atomic E-state index is 12.2. The van der Waals surface area contributed by atoms with E-state index in [2.05, 4.69) is 4.72 Å². The van der Waals surface area contributed by atoms with Gasteiger partial charge in [-0.05, 0) is 31.5 Å². The van der Waals surface area contributed by atoms with E-state index in [1.165, 1.54) is 17.0 Å². The molecule has 0 unspecified atom stereocenters. The Bertz CT molecular complexity index is 628. The maximum absolute atomic E-state index is 12.2. The number of amides is 1. The van der Waals surface area contributed by atoms with E-state index in [0.29, 0.717) is 24.5 Å². The summed E-state index contributed by atoms with van der Waals surface area (Å²) in [7, 11) is -3.56.